The van der Waals surface area contributed by atoms with Crippen molar-refractivity contribution in [2.45, 2.75) is 11.0 Å². The molecule has 0 spiro atoms. The van der Waals surface area contributed by atoms with Crippen molar-refractivity contribution in [1.29, 1.82) is 0 Å². The van der Waals surface area contributed by atoms with Gasteiger partial charge in [0.1, 0.15) is 6.10 Å². The van der Waals surface area contributed by atoms with Crippen molar-refractivity contribution in [3.05, 3.63) is 63.6 Å². The third-order valence-corrected chi connectivity index (χ3v) is 5.18. The first kappa shape index (κ1) is 17.6. The van der Waals surface area contributed by atoms with Crippen molar-refractivity contribution in [1.82, 2.24) is 4.90 Å². The van der Waals surface area contributed by atoms with Crippen LogP contribution in [0.1, 0.15) is 22.0 Å². The molecule has 1 unspecified atom stereocenters. The van der Waals surface area contributed by atoms with Crippen LogP contribution in [0.4, 0.5) is 0 Å². The molecule has 0 aromatic heterocycles. The van der Waals surface area contributed by atoms with Gasteiger partial charge < -0.3 is 9.64 Å². The molecule has 1 saturated heterocycles. The summed E-state index contributed by atoms with van der Waals surface area (Å²) in [6.45, 7) is 1.55. The number of carbonyl (C=O) groups is 1. The monoisotopic (exact) mass is 381 g/mol. The number of hydrogen-bond donors (Lipinski definition) is 0. The second-order valence-corrected chi connectivity index (χ2v) is 7.23. The molecule has 24 heavy (non-hydrogen) atoms. The highest BCUT2D eigenvalue weighted by Crippen LogP contribution is 2.29. The van der Waals surface area contributed by atoms with E-state index in [2.05, 4.69) is 0 Å². The SMILES string of the molecule is CSc1ccccc1C(=O)N1CCOC(c2cc(Cl)cc(Cl)c2)C1. The lowest BCUT2D eigenvalue weighted by atomic mass is 10.1. The largest absolute Gasteiger partial charge is 0.370 e. The van der Waals surface area contributed by atoms with Gasteiger partial charge in [-0.15, -0.1) is 11.8 Å². The predicted molar refractivity (Wildman–Crippen MR) is 99.3 cm³/mol. The Morgan fingerprint density at radius 1 is 1.21 bits per heavy atom. The highest BCUT2D eigenvalue weighted by Gasteiger charge is 2.27. The first-order chi connectivity index (χ1) is 11.6. The summed E-state index contributed by atoms with van der Waals surface area (Å²) in [5, 5.41) is 1.13. The van der Waals surface area contributed by atoms with E-state index >= 15 is 0 Å². The molecule has 3 nitrogen and oxygen atoms in total. The first-order valence-corrected chi connectivity index (χ1v) is 9.56. The summed E-state index contributed by atoms with van der Waals surface area (Å²) >= 11 is 13.7. The second-order valence-electron chi connectivity index (χ2n) is 5.51. The standard InChI is InChI=1S/C18H17Cl2NO2S/c1-24-17-5-3-2-4-15(17)18(22)21-6-7-23-16(11-21)12-8-13(19)10-14(20)9-12/h2-5,8-10,16H,6-7,11H2,1H3. The summed E-state index contributed by atoms with van der Waals surface area (Å²) in [7, 11) is 0. The van der Waals surface area contributed by atoms with Crippen LogP contribution in [0.25, 0.3) is 0 Å². The second kappa shape index (κ2) is 7.79. The number of hydrogen-bond acceptors (Lipinski definition) is 3. The number of carbonyl (C=O) groups excluding carboxylic acids is 1. The van der Waals surface area contributed by atoms with Gasteiger partial charge in [-0.2, -0.15) is 0 Å². The van der Waals surface area contributed by atoms with Gasteiger partial charge in [0.15, 0.2) is 0 Å². The maximum Gasteiger partial charge on any atom is 0.255 e. The van der Waals surface area contributed by atoms with Crippen LogP contribution in [0.5, 0.6) is 0 Å². The van der Waals surface area contributed by atoms with Gasteiger partial charge in [-0.1, -0.05) is 35.3 Å². The quantitative estimate of drug-likeness (QED) is 0.705. The molecular weight excluding hydrogens is 365 g/mol. The van der Waals surface area contributed by atoms with Gasteiger partial charge >= 0.3 is 0 Å². The van der Waals surface area contributed by atoms with E-state index in [1.807, 2.05) is 47.6 Å². The number of ether oxygens (including phenoxy) is 1. The van der Waals surface area contributed by atoms with Gasteiger partial charge in [-0.25, -0.2) is 0 Å². The topological polar surface area (TPSA) is 29.5 Å². The zero-order valence-electron chi connectivity index (χ0n) is 13.2. The fourth-order valence-electron chi connectivity index (χ4n) is 2.79. The lowest BCUT2D eigenvalue weighted by molar-refractivity contribution is -0.0229. The Bertz CT molecular complexity index is 733. The van der Waals surface area contributed by atoms with Crippen molar-refractivity contribution in [3.8, 4) is 0 Å². The summed E-state index contributed by atoms with van der Waals surface area (Å²) in [5.41, 5.74) is 1.62. The molecule has 1 atom stereocenters. The fourth-order valence-corrected chi connectivity index (χ4v) is 3.92. The smallest absolute Gasteiger partial charge is 0.255 e. The van der Waals surface area contributed by atoms with Gasteiger partial charge in [0.05, 0.1) is 18.7 Å². The minimum absolute atomic E-state index is 0.0291. The molecule has 3 rings (SSSR count). The van der Waals surface area contributed by atoms with Gasteiger partial charge in [0, 0.05) is 21.5 Å². The Hall–Kier alpha value is -1.20. The lowest BCUT2D eigenvalue weighted by Gasteiger charge is -2.33. The Balaban J connectivity index is 1.81. The fraction of sp³-hybridized carbons (Fsp3) is 0.278. The lowest BCUT2D eigenvalue weighted by Crippen LogP contribution is -2.42. The number of amides is 1. The molecule has 1 heterocycles. The van der Waals surface area contributed by atoms with Crippen LogP contribution >= 0.6 is 35.0 Å². The molecule has 0 radical (unpaired) electrons. The average Bonchev–Trinajstić information content (AvgIpc) is 2.60. The molecule has 1 fully saturated rings. The van der Waals surface area contributed by atoms with Crippen LogP contribution in [0, 0.1) is 0 Å². The Morgan fingerprint density at radius 3 is 2.62 bits per heavy atom. The summed E-state index contributed by atoms with van der Waals surface area (Å²) in [6.07, 6.45) is 1.75. The van der Waals surface area contributed by atoms with Crippen LogP contribution in [0.3, 0.4) is 0 Å². The van der Waals surface area contributed by atoms with E-state index in [1.54, 1.807) is 17.8 Å². The first-order valence-electron chi connectivity index (χ1n) is 7.58. The van der Waals surface area contributed by atoms with E-state index in [4.69, 9.17) is 27.9 Å². The molecule has 2 aromatic carbocycles. The molecule has 1 aliphatic rings. The van der Waals surface area contributed by atoms with Crippen molar-refractivity contribution in [2.24, 2.45) is 0 Å². The maximum absolute atomic E-state index is 12.9. The van der Waals surface area contributed by atoms with Gasteiger partial charge in [0.2, 0.25) is 0 Å². The van der Waals surface area contributed by atoms with Crippen LogP contribution in [-0.2, 0) is 4.74 Å². The number of nitrogens with zero attached hydrogens (tertiary/aromatic N) is 1. The molecule has 2 aromatic rings. The molecule has 1 amide bonds. The number of halogens is 2. The van der Waals surface area contributed by atoms with Crippen molar-refractivity contribution in [2.75, 3.05) is 26.0 Å². The summed E-state index contributed by atoms with van der Waals surface area (Å²) in [5.74, 6) is 0.0291. The summed E-state index contributed by atoms with van der Waals surface area (Å²) < 4.78 is 5.83. The highest BCUT2D eigenvalue weighted by molar-refractivity contribution is 7.98. The van der Waals surface area contributed by atoms with Crippen LogP contribution < -0.4 is 0 Å². The zero-order valence-corrected chi connectivity index (χ0v) is 15.5. The van der Waals surface area contributed by atoms with Crippen LogP contribution in [0.2, 0.25) is 10.0 Å². The highest BCUT2D eigenvalue weighted by atomic mass is 35.5. The number of thioether (sulfide) groups is 1. The minimum Gasteiger partial charge on any atom is -0.370 e. The van der Waals surface area contributed by atoms with Crippen LogP contribution in [0.15, 0.2) is 47.4 Å². The molecule has 0 bridgehead atoms. The molecule has 0 aliphatic carbocycles. The van der Waals surface area contributed by atoms with E-state index in [-0.39, 0.29) is 12.0 Å². The molecular formula is C18H17Cl2NO2S. The predicted octanol–water partition coefficient (Wildman–Crippen LogP) is 4.93. The zero-order chi connectivity index (χ0) is 17.1. The molecule has 1 aliphatic heterocycles. The molecule has 0 N–H and O–H groups in total. The van der Waals surface area contributed by atoms with E-state index in [0.29, 0.717) is 29.7 Å². The number of morpholine rings is 1. The Kier molecular flexibility index (Phi) is 5.72. The summed E-state index contributed by atoms with van der Waals surface area (Å²) in [6, 6.07) is 13.0. The van der Waals surface area contributed by atoms with Gasteiger partial charge in [0.25, 0.3) is 5.91 Å². The summed E-state index contributed by atoms with van der Waals surface area (Å²) in [4.78, 5) is 15.7. The van der Waals surface area contributed by atoms with Gasteiger partial charge in [-0.3, -0.25) is 4.79 Å². The van der Waals surface area contributed by atoms with Crippen molar-refractivity contribution < 1.29 is 9.53 Å². The maximum atomic E-state index is 12.9. The van der Waals surface area contributed by atoms with E-state index in [1.165, 1.54) is 0 Å². The Labute approximate surface area is 155 Å². The minimum atomic E-state index is -0.222. The number of rotatable bonds is 3. The molecule has 6 heteroatoms. The molecule has 0 saturated carbocycles. The normalized spacial score (nSPS) is 17.8. The van der Waals surface area contributed by atoms with E-state index in [9.17, 15) is 4.79 Å². The van der Waals surface area contributed by atoms with Gasteiger partial charge in [-0.05, 0) is 42.2 Å². The van der Waals surface area contributed by atoms with Crippen molar-refractivity contribution in [3.63, 3.8) is 0 Å². The molecule has 126 valence electrons. The van der Waals surface area contributed by atoms with Crippen LogP contribution in [-0.4, -0.2) is 36.8 Å². The van der Waals surface area contributed by atoms with E-state index in [0.717, 1.165) is 16.0 Å². The Morgan fingerprint density at radius 2 is 1.92 bits per heavy atom. The third kappa shape index (κ3) is 3.89. The van der Waals surface area contributed by atoms with E-state index < -0.39 is 0 Å². The van der Waals surface area contributed by atoms with Crippen molar-refractivity contribution >= 4 is 40.9 Å². The number of benzene rings is 2. The average molecular weight is 382 g/mol. The third-order valence-electron chi connectivity index (χ3n) is 3.95.